The molecule has 3 unspecified atom stereocenters. The Morgan fingerprint density at radius 3 is 2.48 bits per heavy atom. The number of nitriles is 1. The highest BCUT2D eigenvalue weighted by Gasteiger charge is 2.29. The van der Waals surface area contributed by atoms with Crippen molar-refractivity contribution in [3.05, 3.63) is 65.2 Å². The van der Waals surface area contributed by atoms with Crippen molar-refractivity contribution in [2.24, 2.45) is 5.92 Å². The SMILES string of the molecule is CCCC1COC(c2ccc(C(=O)Oc3ccc(C#N)cc3)cc2)OC1C. The zero-order chi connectivity index (χ0) is 19.2. The third-order valence-corrected chi connectivity index (χ3v) is 4.74. The molecule has 0 saturated carbocycles. The van der Waals surface area contributed by atoms with Crippen LogP contribution in [0.3, 0.4) is 0 Å². The molecule has 5 nitrogen and oxygen atoms in total. The van der Waals surface area contributed by atoms with Crippen LogP contribution in [0.15, 0.2) is 48.5 Å². The molecule has 140 valence electrons. The van der Waals surface area contributed by atoms with Crippen molar-refractivity contribution in [3.8, 4) is 11.8 Å². The van der Waals surface area contributed by atoms with Crippen LogP contribution < -0.4 is 4.74 Å². The van der Waals surface area contributed by atoms with E-state index in [0.717, 1.165) is 18.4 Å². The lowest BCUT2D eigenvalue weighted by Crippen LogP contribution is -2.34. The number of ether oxygens (including phenoxy) is 3. The fourth-order valence-electron chi connectivity index (χ4n) is 3.10. The topological polar surface area (TPSA) is 68.5 Å². The smallest absolute Gasteiger partial charge is 0.343 e. The molecule has 1 fully saturated rings. The molecule has 3 rings (SSSR count). The highest BCUT2D eigenvalue weighted by molar-refractivity contribution is 5.91. The van der Waals surface area contributed by atoms with Gasteiger partial charge < -0.3 is 14.2 Å². The van der Waals surface area contributed by atoms with Gasteiger partial charge in [0.25, 0.3) is 0 Å². The Hall–Kier alpha value is -2.68. The Bertz CT molecular complexity index is 808. The van der Waals surface area contributed by atoms with Crippen LogP contribution in [0.2, 0.25) is 0 Å². The molecular weight excluding hydrogens is 342 g/mol. The predicted octanol–water partition coefficient (Wildman–Crippen LogP) is 4.63. The summed E-state index contributed by atoms with van der Waals surface area (Å²) in [5, 5.41) is 8.80. The van der Waals surface area contributed by atoms with Gasteiger partial charge in [0.2, 0.25) is 0 Å². The molecule has 1 saturated heterocycles. The van der Waals surface area contributed by atoms with Gasteiger partial charge in [-0.3, -0.25) is 0 Å². The van der Waals surface area contributed by atoms with Crippen molar-refractivity contribution >= 4 is 5.97 Å². The molecule has 0 spiro atoms. The van der Waals surface area contributed by atoms with Gasteiger partial charge in [0.15, 0.2) is 6.29 Å². The predicted molar refractivity (Wildman–Crippen MR) is 100 cm³/mol. The van der Waals surface area contributed by atoms with Crippen molar-refractivity contribution in [3.63, 3.8) is 0 Å². The second-order valence-corrected chi connectivity index (χ2v) is 6.70. The fraction of sp³-hybridized carbons (Fsp3) is 0.364. The molecular formula is C22H23NO4. The fourth-order valence-corrected chi connectivity index (χ4v) is 3.10. The maximum Gasteiger partial charge on any atom is 0.343 e. The van der Waals surface area contributed by atoms with E-state index in [9.17, 15) is 4.79 Å². The number of rotatable bonds is 5. The van der Waals surface area contributed by atoms with Gasteiger partial charge >= 0.3 is 5.97 Å². The Balaban J connectivity index is 1.61. The van der Waals surface area contributed by atoms with Gasteiger partial charge in [-0.25, -0.2) is 4.79 Å². The quantitative estimate of drug-likeness (QED) is 0.571. The minimum absolute atomic E-state index is 0.143. The molecule has 5 heteroatoms. The van der Waals surface area contributed by atoms with Crippen molar-refractivity contribution in [1.29, 1.82) is 5.26 Å². The van der Waals surface area contributed by atoms with Gasteiger partial charge in [0.1, 0.15) is 5.75 Å². The Labute approximate surface area is 159 Å². The van der Waals surface area contributed by atoms with Crippen LogP contribution >= 0.6 is 0 Å². The summed E-state index contributed by atoms with van der Waals surface area (Å²) >= 11 is 0. The van der Waals surface area contributed by atoms with E-state index in [1.54, 1.807) is 36.4 Å². The second-order valence-electron chi connectivity index (χ2n) is 6.70. The lowest BCUT2D eigenvalue weighted by molar-refractivity contribution is -0.237. The first-order chi connectivity index (χ1) is 13.1. The highest BCUT2D eigenvalue weighted by Crippen LogP contribution is 2.31. The summed E-state index contributed by atoms with van der Waals surface area (Å²) in [5.74, 6) is 0.374. The monoisotopic (exact) mass is 365 g/mol. The van der Waals surface area contributed by atoms with Crippen LogP contribution in [0.25, 0.3) is 0 Å². The van der Waals surface area contributed by atoms with Gasteiger partial charge in [-0.05, 0) is 49.7 Å². The molecule has 3 atom stereocenters. The molecule has 0 radical (unpaired) electrons. The number of benzene rings is 2. The molecule has 0 aliphatic carbocycles. The summed E-state index contributed by atoms with van der Waals surface area (Å²) in [7, 11) is 0. The summed E-state index contributed by atoms with van der Waals surface area (Å²) in [6.45, 7) is 4.93. The number of nitrogens with zero attached hydrogens (tertiary/aromatic N) is 1. The minimum atomic E-state index is -0.451. The van der Waals surface area contributed by atoms with Gasteiger partial charge in [0, 0.05) is 11.5 Å². The minimum Gasteiger partial charge on any atom is -0.423 e. The molecule has 1 heterocycles. The number of hydrogen-bond donors (Lipinski definition) is 0. The van der Waals surface area contributed by atoms with E-state index in [1.807, 2.05) is 18.2 Å². The van der Waals surface area contributed by atoms with E-state index in [-0.39, 0.29) is 6.10 Å². The zero-order valence-corrected chi connectivity index (χ0v) is 15.6. The first-order valence-corrected chi connectivity index (χ1v) is 9.20. The number of hydrogen-bond acceptors (Lipinski definition) is 5. The molecule has 1 aliphatic rings. The first kappa shape index (κ1) is 19.1. The lowest BCUT2D eigenvalue weighted by atomic mass is 9.98. The molecule has 0 N–H and O–H groups in total. The summed E-state index contributed by atoms with van der Waals surface area (Å²) in [6, 6.07) is 15.5. The molecule has 27 heavy (non-hydrogen) atoms. The van der Waals surface area contributed by atoms with E-state index in [1.165, 1.54) is 0 Å². The molecule has 0 aromatic heterocycles. The van der Waals surface area contributed by atoms with Crippen LogP contribution in [0.4, 0.5) is 0 Å². The maximum atomic E-state index is 12.3. The van der Waals surface area contributed by atoms with Crippen LogP contribution in [0.5, 0.6) is 5.75 Å². The Morgan fingerprint density at radius 1 is 1.19 bits per heavy atom. The summed E-state index contributed by atoms with van der Waals surface area (Å²) in [4.78, 5) is 12.3. The van der Waals surface area contributed by atoms with E-state index in [4.69, 9.17) is 19.5 Å². The van der Waals surface area contributed by atoms with Crippen molar-refractivity contribution in [2.75, 3.05) is 6.61 Å². The van der Waals surface area contributed by atoms with Crippen LogP contribution in [0, 0.1) is 17.2 Å². The van der Waals surface area contributed by atoms with Gasteiger partial charge in [0.05, 0.1) is 29.9 Å². The van der Waals surface area contributed by atoms with Crippen LogP contribution in [-0.4, -0.2) is 18.7 Å². The van der Waals surface area contributed by atoms with E-state index in [0.29, 0.717) is 29.4 Å². The standard InChI is InChI=1S/C22H23NO4/c1-3-4-19-14-25-22(26-15(19)2)18-9-7-17(8-10-18)21(24)27-20-11-5-16(13-23)6-12-20/h5-12,15,19,22H,3-4,14H2,1-2H3. The average molecular weight is 365 g/mol. The molecule has 1 aliphatic heterocycles. The van der Waals surface area contributed by atoms with Crippen LogP contribution in [0.1, 0.15) is 54.5 Å². The molecule has 0 bridgehead atoms. The Morgan fingerprint density at radius 2 is 1.89 bits per heavy atom. The third-order valence-electron chi connectivity index (χ3n) is 4.74. The summed E-state index contributed by atoms with van der Waals surface area (Å²) in [5.41, 5.74) is 1.84. The highest BCUT2D eigenvalue weighted by atomic mass is 16.7. The van der Waals surface area contributed by atoms with Crippen LogP contribution in [-0.2, 0) is 9.47 Å². The van der Waals surface area contributed by atoms with E-state index >= 15 is 0 Å². The van der Waals surface area contributed by atoms with Crippen molar-refractivity contribution < 1.29 is 19.0 Å². The van der Waals surface area contributed by atoms with Crippen molar-refractivity contribution in [1.82, 2.24) is 0 Å². The van der Waals surface area contributed by atoms with Gasteiger partial charge in [-0.1, -0.05) is 25.5 Å². The lowest BCUT2D eigenvalue weighted by Gasteiger charge is -2.35. The number of carbonyl (C=O) groups excluding carboxylic acids is 1. The molecule has 2 aromatic carbocycles. The van der Waals surface area contributed by atoms with E-state index in [2.05, 4.69) is 13.8 Å². The van der Waals surface area contributed by atoms with Gasteiger partial charge in [-0.15, -0.1) is 0 Å². The summed E-state index contributed by atoms with van der Waals surface area (Å²) < 4.78 is 17.2. The largest absolute Gasteiger partial charge is 0.423 e. The molecule has 0 amide bonds. The Kier molecular flexibility index (Phi) is 6.23. The normalized spacial score (nSPS) is 22.0. The third kappa shape index (κ3) is 4.73. The number of carbonyl (C=O) groups is 1. The number of esters is 1. The van der Waals surface area contributed by atoms with Gasteiger partial charge in [-0.2, -0.15) is 5.26 Å². The van der Waals surface area contributed by atoms with E-state index < -0.39 is 12.3 Å². The average Bonchev–Trinajstić information content (AvgIpc) is 2.70. The maximum absolute atomic E-state index is 12.3. The summed E-state index contributed by atoms with van der Waals surface area (Å²) in [6.07, 6.45) is 1.94. The second kappa shape index (κ2) is 8.81. The zero-order valence-electron chi connectivity index (χ0n) is 15.6. The van der Waals surface area contributed by atoms with Crippen molar-refractivity contribution in [2.45, 2.75) is 39.1 Å². The first-order valence-electron chi connectivity index (χ1n) is 9.20. The molecule has 2 aromatic rings.